The Morgan fingerprint density at radius 1 is 1.03 bits per heavy atom. The molecule has 1 aliphatic carbocycles. The molecule has 3 rings (SSSR count). The van der Waals surface area contributed by atoms with Crippen LogP contribution < -0.4 is 24.4 Å². The van der Waals surface area contributed by atoms with Crippen LogP contribution in [-0.2, 0) is 11.2 Å². The van der Waals surface area contributed by atoms with Crippen LogP contribution in [-0.4, -0.2) is 52.2 Å². The van der Waals surface area contributed by atoms with Crippen molar-refractivity contribution in [2.24, 2.45) is 0 Å². The number of hydrogen-bond acceptors (Lipinski definition) is 6. The Kier molecular flexibility index (Phi) is 8.08. The standard InChI is InChI=1S/C25H30ClNO6/c1-27(22(29)7-6-12-26)18-10-8-15-13-21(31-3)24(32-4)25(33-5)23(15)16-9-11-20(30-2)19(28)14-17(16)18/h9,11,13-14,18H,6-8,10,12H2,1-5H3. The van der Waals surface area contributed by atoms with E-state index in [-0.39, 0.29) is 23.1 Å². The van der Waals surface area contributed by atoms with Gasteiger partial charge in [0.25, 0.3) is 0 Å². The molecule has 7 nitrogen and oxygen atoms in total. The third kappa shape index (κ3) is 4.74. The summed E-state index contributed by atoms with van der Waals surface area (Å²) in [7, 11) is 7.94. The Morgan fingerprint density at radius 3 is 2.33 bits per heavy atom. The summed E-state index contributed by atoms with van der Waals surface area (Å²) in [5.74, 6) is 2.16. The van der Waals surface area contributed by atoms with Crippen molar-refractivity contribution in [3.05, 3.63) is 45.6 Å². The van der Waals surface area contributed by atoms with Crippen molar-refractivity contribution in [3.8, 4) is 34.1 Å². The fourth-order valence-corrected chi connectivity index (χ4v) is 4.55. The molecule has 1 atom stereocenters. The van der Waals surface area contributed by atoms with E-state index in [2.05, 4.69) is 0 Å². The van der Waals surface area contributed by atoms with Crippen LogP contribution in [0.15, 0.2) is 29.1 Å². The van der Waals surface area contributed by atoms with Crippen LogP contribution in [0.3, 0.4) is 0 Å². The molecule has 8 heteroatoms. The van der Waals surface area contributed by atoms with Gasteiger partial charge in [0.2, 0.25) is 17.1 Å². The van der Waals surface area contributed by atoms with Gasteiger partial charge < -0.3 is 23.8 Å². The van der Waals surface area contributed by atoms with Crippen LogP contribution in [0.2, 0.25) is 0 Å². The summed E-state index contributed by atoms with van der Waals surface area (Å²) in [4.78, 5) is 27.5. The Hall–Kier alpha value is -2.93. The molecule has 0 heterocycles. The topological polar surface area (TPSA) is 74.3 Å². The first-order valence-corrected chi connectivity index (χ1v) is 11.3. The number of nitrogens with zero attached hydrogens (tertiary/aromatic N) is 1. The van der Waals surface area contributed by atoms with Gasteiger partial charge in [0.15, 0.2) is 17.2 Å². The number of rotatable bonds is 8. The monoisotopic (exact) mass is 475 g/mol. The van der Waals surface area contributed by atoms with Gasteiger partial charge in [-0.25, -0.2) is 0 Å². The maximum absolute atomic E-state index is 12.9. The Bertz CT molecular complexity index is 1090. The van der Waals surface area contributed by atoms with Gasteiger partial charge in [-0.15, -0.1) is 11.6 Å². The summed E-state index contributed by atoms with van der Waals surface area (Å²) in [5.41, 5.74) is 3.05. The molecule has 1 unspecified atom stereocenters. The third-order valence-corrected chi connectivity index (χ3v) is 6.34. The van der Waals surface area contributed by atoms with Crippen molar-refractivity contribution in [1.29, 1.82) is 0 Å². The van der Waals surface area contributed by atoms with Crippen molar-refractivity contribution in [2.75, 3.05) is 41.4 Å². The van der Waals surface area contributed by atoms with Crippen LogP contribution in [0, 0.1) is 0 Å². The molecule has 0 fully saturated rings. The predicted molar refractivity (Wildman–Crippen MR) is 128 cm³/mol. The Balaban J connectivity index is 2.33. The fraction of sp³-hybridized carbons (Fsp3) is 0.440. The first kappa shape index (κ1) is 24.7. The number of methoxy groups -OCH3 is 4. The van der Waals surface area contributed by atoms with E-state index < -0.39 is 0 Å². The molecule has 178 valence electrons. The average molecular weight is 476 g/mol. The van der Waals surface area contributed by atoms with E-state index in [0.29, 0.717) is 48.8 Å². The molecular weight excluding hydrogens is 446 g/mol. The van der Waals surface area contributed by atoms with Gasteiger partial charge in [-0.3, -0.25) is 9.59 Å². The van der Waals surface area contributed by atoms with E-state index in [1.165, 1.54) is 7.11 Å². The quantitative estimate of drug-likeness (QED) is 0.532. The second kappa shape index (κ2) is 10.8. The van der Waals surface area contributed by atoms with Gasteiger partial charge in [0, 0.05) is 24.9 Å². The van der Waals surface area contributed by atoms with Gasteiger partial charge in [0.1, 0.15) is 0 Å². The molecule has 0 bridgehead atoms. The maximum atomic E-state index is 12.9. The molecule has 0 spiro atoms. The molecule has 0 saturated heterocycles. The minimum atomic E-state index is -0.318. The zero-order chi connectivity index (χ0) is 24.1. The largest absolute Gasteiger partial charge is 0.493 e. The molecule has 2 aromatic carbocycles. The fourth-order valence-electron chi connectivity index (χ4n) is 4.42. The van der Waals surface area contributed by atoms with Crippen molar-refractivity contribution < 1.29 is 23.7 Å². The van der Waals surface area contributed by atoms with Gasteiger partial charge in [-0.1, -0.05) is 6.07 Å². The number of aryl methyl sites for hydroxylation is 1. The highest BCUT2D eigenvalue weighted by Gasteiger charge is 2.32. The van der Waals surface area contributed by atoms with Crippen LogP contribution in [0.1, 0.15) is 36.4 Å². The molecule has 0 saturated carbocycles. The summed E-state index contributed by atoms with van der Waals surface area (Å²) >= 11 is 5.80. The van der Waals surface area contributed by atoms with Gasteiger partial charge in [-0.05, 0) is 54.2 Å². The molecule has 2 aromatic rings. The lowest BCUT2D eigenvalue weighted by molar-refractivity contribution is -0.132. The minimum Gasteiger partial charge on any atom is -0.493 e. The van der Waals surface area contributed by atoms with Crippen LogP contribution >= 0.6 is 11.6 Å². The number of amides is 1. The van der Waals surface area contributed by atoms with Crippen LogP contribution in [0.5, 0.6) is 23.0 Å². The zero-order valence-corrected chi connectivity index (χ0v) is 20.5. The molecule has 0 radical (unpaired) electrons. The van der Waals surface area contributed by atoms with E-state index in [0.717, 1.165) is 22.3 Å². The van der Waals surface area contributed by atoms with E-state index in [9.17, 15) is 9.59 Å². The summed E-state index contributed by atoms with van der Waals surface area (Å²) in [6.45, 7) is 0. The highest BCUT2D eigenvalue weighted by atomic mass is 35.5. The number of hydrogen-bond donors (Lipinski definition) is 0. The summed E-state index contributed by atoms with van der Waals surface area (Å²) < 4.78 is 22.3. The second-order valence-corrected chi connectivity index (χ2v) is 8.19. The number of alkyl halides is 1. The number of carbonyl (C=O) groups is 1. The SMILES string of the molecule is COc1cc2c(c(OC)c1OC)-c1ccc(OC)c(=O)cc1C(N(C)C(=O)CCCCl)CC2. The highest BCUT2D eigenvalue weighted by Crippen LogP contribution is 2.50. The zero-order valence-electron chi connectivity index (χ0n) is 19.7. The normalized spacial score (nSPS) is 14.4. The van der Waals surface area contributed by atoms with E-state index in [1.807, 2.05) is 12.1 Å². The molecule has 33 heavy (non-hydrogen) atoms. The first-order chi connectivity index (χ1) is 15.9. The van der Waals surface area contributed by atoms with Gasteiger partial charge >= 0.3 is 0 Å². The number of ether oxygens (including phenoxy) is 4. The highest BCUT2D eigenvalue weighted by molar-refractivity contribution is 6.17. The molecule has 1 amide bonds. The van der Waals surface area contributed by atoms with Crippen molar-refractivity contribution >= 4 is 17.5 Å². The van der Waals surface area contributed by atoms with Gasteiger partial charge in [0.05, 0.1) is 34.5 Å². The number of benzene rings is 1. The summed E-state index contributed by atoms with van der Waals surface area (Å²) in [5, 5.41) is 0. The molecule has 1 aliphatic rings. The van der Waals surface area contributed by atoms with Crippen molar-refractivity contribution in [2.45, 2.75) is 31.7 Å². The van der Waals surface area contributed by atoms with Crippen LogP contribution in [0.25, 0.3) is 11.1 Å². The average Bonchev–Trinajstić information content (AvgIpc) is 3.08. The molecule has 0 N–H and O–H groups in total. The Labute approximate surface area is 199 Å². The number of halogens is 1. The third-order valence-electron chi connectivity index (χ3n) is 6.07. The van der Waals surface area contributed by atoms with Crippen LogP contribution in [0.4, 0.5) is 0 Å². The molecular formula is C25H30ClNO6. The Morgan fingerprint density at radius 2 is 1.73 bits per heavy atom. The maximum Gasteiger partial charge on any atom is 0.222 e. The minimum absolute atomic E-state index is 0.0226. The lowest BCUT2D eigenvalue weighted by Crippen LogP contribution is -2.31. The lowest BCUT2D eigenvalue weighted by atomic mass is 9.95. The van der Waals surface area contributed by atoms with E-state index in [1.54, 1.807) is 45.4 Å². The second-order valence-electron chi connectivity index (χ2n) is 7.81. The first-order valence-electron chi connectivity index (χ1n) is 10.8. The van der Waals surface area contributed by atoms with E-state index in [4.69, 9.17) is 30.5 Å². The van der Waals surface area contributed by atoms with Crippen molar-refractivity contribution in [1.82, 2.24) is 4.90 Å². The summed E-state index contributed by atoms with van der Waals surface area (Å²) in [6, 6.07) is 6.68. The predicted octanol–water partition coefficient (Wildman–Crippen LogP) is 4.21. The smallest absolute Gasteiger partial charge is 0.222 e. The van der Waals surface area contributed by atoms with E-state index >= 15 is 0 Å². The lowest BCUT2D eigenvalue weighted by Gasteiger charge is -2.28. The molecule has 0 aliphatic heterocycles. The van der Waals surface area contributed by atoms with Crippen molar-refractivity contribution in [3.63, 3.8) is 0 Å². The molecule has 0 aromatic heterocycles. The number of carbonyl (C=O) groups excluding carboxylic acids is 1. The number of fused-ring (bicyclic) bond motifs is 3. The van der Waals surface area contributed by atoms with Gasteiger partial charge in [-0.2, -0.15) is 0 Å². The summed E-state index contributed by atoms with van der Waals surface area (Å²) in [6.07, 6.45) is 2.20.